The Morgan fingerprint density at radius 3 is 2.67 bits per heavy atom. The second-order valence-corrected chi connectivity index (χ2v) is 4.89. The highest BCUT2D eigenvalue weighted by Crippen LogP contribution is 2.30. The summed E-state index contributed by atoms with van der Waals surface area (Å²) in [6.07, 6.45) is 1.69. The molecule has 0 saturated carbocycles. The van der Waals surface area contributed by atoms with Crippen LogP contribution >= 0.6 is 11.8 Å². The van der Waals surface area contributed by atoms with Crippen molar-refractivity contribution in [2.75, 3.05) is 0 Å². The van der Waals surface area contributed by atoms with Gasteiger partial charge in [-0.3, -0.25) is 5.41 Å². The van der Waals surface area contributed by atoms with E-state index in [9.17, 15) is 0 Å². The predicted octanol–water partition coefficient (Wildman–Crippen LogP) is 2.43. The van der Waals surface area contributed by atoms with Gasteiger partial charge < -0.3 is 10.2 Å². The molecule has 0 aliphatic heterocycles. The molecule has 5 nitrogen and oxygen atoms in total. The van der Waals surface area contributed by atoms with Crippen LogP contribution in [-0.4, -0.2) is 15.8 Å². The molecule has 0 aliphatic rings. The molecule has 2 heterocycles. The van der Waals surface area contributed by atoms with Crippen LogP contribution in [0.25, 0.3) is 0 Å². The second-order valence-electron chi connectivity index (χ2n) is 3.95. The van der Waals surface area contributed by atoms with E-state index in [2.05, 4.69) is 9.97 Å². The summed E-state index contributed by atoms with van der Waals surface area (Å²) in [5.74, 6) is 0.789. The molecule has 6 heteroatoms. The van der Waals surface area contributed by atoms with Gasteiger partial charge in [-0.05, 0) is 44.2 Å². The average Bonchev–Trinajstić information content (AvgIpc) is 2.57. The third kappa shape index (κ3) is 2.38. The van der Waals surface area contributed by atoms with E-state index in [0.717, 1.165) is 17.0 Å². The zero-order valence-corrected chi connectivity index (χ0v) is 11.3. The second kappa shape index (κ2) is 4.81. The molecule has 0 amide bonds. The molecule has 3 N–H and O–H groups in total. The van der Waals surface area contributed by atoms with Gasteiger partial charge in [0.2, 0.25) is 0 Å². The van der Waals surface area contributed by atoms with Crippen LogP contribution in [0.2, 0.25) is 0 Å². The Balaban J connectivity index is 2.40. The van der Waals surface area contributed by atoms with E-state index in [1.165, 1.54) is 11.8 Å². The van der Waals surface area contributed by atoms with Crippen molar-refractivity contribution in [2.45, 2.75) is 31.0 Å². The van der Waals surface area contributed by atoms with Crippen molar-refractivity contribution in [3.05, 3.63) is 34.8 Å². The largest absolute Gasteiger partial charge is 0.436 e. The van der Waals surface area contributed by atoms with Crippen LogP contribution in [0.15, 0.2) is 26.9 Å². The predicted molar refractivity (Wildman–Crippen MR) is 70.1 cm³/mol. The minimum absolute atomic E-state index is 0.00287. The third-order valence-electron chi connectivity index (χ3n) is 2.59. The summed E-state index contributed by atoms with van der Waals surface area (Å²) in [7, 11) is 0. The molecule has 2 rings (SSSR count). The van der Waals surface area contributed by atoms with Crippen molar-refractivity contribution in [1.29, 1.82) is 5.41 Å². The van der Waals surface area contributed by atoms with Gasteiger partial charge in [0.25, 0.3) is 5.22 Å². The number of nitrogens with two attached hydrogens (primary N) is 1. The summed E-state index contributed by atoms with van der Waals surface area (Å²) in [4.78, 5) is 8.52. The molecule has 0 fully saturated rings. The summed E-state index contributed by atoms with van der Waals surface area (Å²) < 4.78 is 5.49. The number of nitrogens with zero attached hydrogens (tertiary/aromatic N) is 2. The van der Waals surface area contributed by atoms with E-state index in [1.54, 1.807) is 6.20 Å². The van der Waals surface area contributed by atoms with Crippen molar-refractivity contribution in [2.24, 2.45) is 5.73 Å². The highest BCUT2D eigenvalue weighted by molar-refractivity contribution is 7.99. The normalized spacial score (nSPS) is 10.6. The Morgan fingerprint density at radius 2 is 2.11 bits per heavy atom. The molecule has 2 aromatic rings. The van der Waals surface area contributed by atoms with Crippen molar-refractivity contribution < 1.29 is 4.42 Å². The maximum atomic E-state index is 7.60. The topological polar surface area (TPSA) is 88.8 Å². The van der Waals surface area contributed by atoms with Crippen molar-refractivity contribution in [3.63, 3.8) is 0 Å². The number of aromatic nitrogens is 2. The van der Waals surface area contributed by atoms with Crippen molar-refractivity contribution in [1.82, 2.24) is 9.97 Å². The van der Waals surface area contributed by atoms with E-state index in [0.29, 0.717) is 15.8 Å². The fourth-order valence-electron chi connectivity index (χ4n) is 1.51. The molecule has 0 aromatic carbocycles. The summed E-state index contributed by atoms with van der Waals surface area (Å²) in [6.45, 7) is 5.65. The van der Waals surface area contributed by atoms with Gasteiger partial charge in [0.15, 0.2) is 0 Å². The number of aryl methyl sites for hydroxylation is 3. The first-order chi connectivity index (χ1) is 8.49. The molecule has 0 unspecified atom stereocenters. The highest BCUT2D eigenvalue weighted by atomic mass is 32.2. The van der Waals surface area contributed by atoms with Gasteiger partial charge in [-0.1, -0.05) is 0 Å². The van der Waals surface area contributed by atoms with E-state index in [1.807, 2.05) is 26.8 Å². The summed E-state index contributed by atoms with van der Waals surface area (Å²) in [5, 5.41) is 8.77. The fourth-order valence-corrected chi connectivity index (χ4v) is 2.51. The molecule has 0 aliphatic carbocycles. The Hall–Kier alpha value is -1.82. The average molecular weight is 262 g/mol. The van der Waals surface area contributed by atoms with Crippen LogP contribution < -0.4 is 5.73 Å². The Kier molecular flexibility index (Phi) is 3.38. The first-order valence-electron chi connectivity index (χ1n) is 5.41. The van der Waals surface area contributed by atoms with Gasteiger partial charge in [-0.25, -0.2) is 9.97 Å². The van der Waals surface area contributed by atoms with Gasteiger partial charge in [0.1, 0.15) is 16.6 Å². The number of nitrogens with one attached hydrogen (secondary N) is 1. The molecular formula is C12H14N4OS. The van der Waals surface area contributed by atoms with Gasteiger partial charge in [0, 0.05) is 6.20 Å². The quantitative estimate of drug-likeness (QED) is 0.655. The number of oxazole rings is 1. The SMILES string of the molecule is Cc1ccnc(Sc2nc(C)c(C)o2)c1C(=N)N. The van der Waals surface area contributed by atoms with Crippen LogP contribution in [0.5, 0.6) is 0 Å². The lowest BCUT2D eigenvalue weighted by Gasteiger charge is -2.07. The van der Waals surface area contributed by atoms with E-state index >= 15 is 0 Å². The molecule has 0 saturated heterocycles. The molecule has 18 heavy (non-hydrogen) atoms. The number of rotatable bonds is 3. The first kappa shape index (κ1) is 12.6. The van der Waals surface area contributed by atoms with Crippen LogP contribution in [-0.2, 0) is 0 Å². The van der Waals surface area contributed by atoms with E-state index in [4.69, 9.17) is 15.6 Å². The summed E-state index contributed by atoms with van der Waals surface area (Å²) in [5.41, 5.74) is 7.99. The van der Waals surface area contributed by atoms with Gasteiger partial charge in [0.05, 0.1) is 11.3 Å². The van der Waals surface area contributed by atoms with E-state index in [-0.39, 0.29) is 5.84 Å². The molecule has 0 spiro atoms. The lowest BCUT2D eigenvalue weighted by atomic mass is 10.1. The molecule has 0 atom stereocenters. The fraction of sp³-hybridized carbons (Fsp3) is 0.250. The van der Waals surface area contributed by atoms with E-state index < -0.39 is 0 Å². The monoisotopic (exact) mass is 262 g/mol. The zero-order chi connectivity index (χ0) is 13.3. The van der Waals surface area contributed by atoms with Crippen molar-refractivity contribution in [3.8, 4) is 0 Å². The minimum Gasteiger partial charge on any atom is -0.436 e. The first-order valence-corrected chi connectivity index (χ1v) is 6.22. The lowest BCUT2D eigenvalue weighted by Crippen LogP contribution is -2.14. The molecule has 0 radical (unpaired) electrons. The molecule has 2 aromatic heterocycles. The lowest BCUT2D eigenvalue weighted by molar-refractivity contribution is 0.431. The third-order valence-corrected chi connectivity index (χ3v) is 3.44. The summed E-state index contributed by atoms with van der Waals surface area (Å²) in [6, 6.07) is 1.83. The Morgan fingerprint density at radius 1 is 1.39 bits per heavy atom. The van der Waals surface area contributed by atoms with Gasteiger partial charge >= 0.3 is 0 Å². The van der Waals surface area contributed by atoms with Crippen LogP contribution in [0.3, 0.4) is 0 Å². The van der Waals surface area contributed by atoms with Gasteiger partial charge in [-0.2, -0.15) is 0 Å². The Labute approximate surface area is 109 Å². The van der Waals surface area contributed by atoms with Crippen LogP contribution in [0.4, 0.5) is 0 Å². The standard InChI is InChI=1S/C12H14N4OS/c1-6-4-5-15-11(9(6)10(13)14)18-12-16-7(2)8(3)17-12/h4-5H,1-3H3,(H3,13,14). The molecule has 94 valence electrons. The smallest absolute Gasteiger partial charge is 0.262 e. The van der Waals surface area contributed by atoms with Gasteiger partial charge in [-0.15, -0.1) is 0 Å². The van der Waals surface area contributed by atoms with Crippen molar-refractivity contribution >= 4 is 17.6 Å². The number of pyridine rings is 1. The zero-order valence-electron chi connectivity index (χ0n) is 10.4. The maximum Gasteiger partial charge on any atom is 0.262 e. The summed E-state index contributed by atoms with van der Waals surface area (Å²) >= 11 is 1.28. The highest BCUT2D eigenvalue weighted by Gasteiger charge is 2.15. The molecular weight excluding hydrogens is 248 g/mol. The number of hydrogen-bond acceptors (Lipinski definition) is 5. The maximum absolute atomic E-state index is 7.60. The van der Waals surface area contributed by atoms with Crippen LogP contribution in [0, 0.1) is 26.2 Å². The molecule has 0 bridgehead atoms. The Bertz CT molecular complexity index is 587. The number of hydrogen-bond donors (Lipinski definition) is 2. The number of amidine groups is 1. The number of nitrogen functional groups attached to an aromatic ring is 1. The van der Waals surface area contributed by atoms with Crippen LogP contribution in [0.1, 0.15) is 22.6 Å². The minimum atomic E-state index is 0.00287.